The lowest BCUT2D eigenvalue weighted by atomic mass is 9.93. The highest BCUT2D eigenvalue weighted by Crippen LogP contribution is 2.27. The van der Waals surface area contributed by atoms with E-state index in [1.54, 1.807) is 24.0 Å². The summed E-state index contributed by atoms with van der Waals surface area (Å²) in [7, 11) is 1.94. The van der Waals surface area contributed by atoms with Crippen LogP contribution >= 0.6 is 12.4 Å². The number of likely N-dealkylation sites (tertiary alicyclic amines) is 1. The van der Waals surface area contributed by atoms with Crippen molar-refractivity contribution in [3.8, 4) is 0 Å². The van der Waals surface area contributed by atoms with Gasteiger partial charge in [0.05, 0.1) is 4.92 Å². The molecule has 1 fully saturated rings. The van der Waals surface area contributed by atoms with Crippen LogP contribution in [-0.2, 0) is 0 Å². The molecule has 1 aromatic rings. The summed E-state index contributed by atoms with van der Waals surface area (Å²) in [6.45, 7) is 4.10. The van der Waals surface area contributed by atoms with E-state index in [0.29, 0.717) is 24.6 Å². The standard InChI is InChI=1S/C16H23N3O3.ClH/c1-12-4-3-5-14(19(21)22)15(12)16(20)18-10-7-13(8-11-18)6-9-17-2;/h3-5,13,17H,6-11H2,1-2H3;1H. The molecule has 2 rings (SSSR count). The Morgan fingerprint density at radius 1 is 1.39 bits per heavy atom. The third kappa shape index (κ3) is 4.65. The number of amides is 1. The molecule has 23 heavy (non-hydrogen) atoms. The molecule has 0 bridgehead atoms. The van der Waals surface area contributed by atoms with Crippen molar-refractivity contribution in [3.63, 3.8) is 0 Å². The monoisotopic (exact) mass is 341 g/mol. The minimum Gasteiger partial charge on any atom is -0.338 e. The zero-order valence-corrected chi connectivity index (χ0v) is 14.4. The second-order valence-electron chi connectivity index (χ2n) is 5.85. The lowest BCUT2D eigenvalue weighted by Gasteiger charge is -2.32. The van der Waals surface area contributed by atoms with Gasteiger partial charge < -0.3 is 10.2 Å². The first kappa shape index (κ1) is 19.4. The van der Waals surface area contributed by atoms with E-state index < -0.39 is 4.92 Å². The number of nitrogens with one attached hydrogen (secondary N) is 1. The van der Waals surface area contributed by atoms with Crippen LogP contribution in [0.1, 0.15) is 35.2 Å². The van der Waals surface area contributed by atoms with Gasteiger partial charge in [0.2, 0.25) is 0 Å². The molecule has 128 valence electrons. The van der Waals surface area contributed by atoms with Gasteiger partial charge in [-0.25, -0.2) is 0 Å². The maximum atomic E-state index is 12.7. The number of nitro groups is 1. The minimum absolute atomic E-state index is 0. The number of aryl methyl sites for hydroxylation is 1. The molecule has 0 radical (unpaired) electrons. The quantitative estimate of drug-likeness (QED) is 0.660. The molecule has 1 N–H and O–H groups in total. The maximum absolute atomic E-state index is 12.7. The van der Waals surface area contributed by atoms with Crippen molar-refractivity contribution in [2.45, 2.75) is 26.2 Å². The van der Waals surface area contributed by atoms with Crippen LogP contribution in [0.4, 0.5) is 5.69 Å². The van der Waals surface area contributed by atoms with Gasteiger partial charge in [0.25, 0.3) is 11.6 Å². The molecule has 7 heteroatoms. The topological polar surface area (TPSA) is 75.5 Å². The molecule has 1 aromatic carbocycles. The number of carbonyl (C=O) groups is 1. The zero-order valence-electron chi connectivity index (χ0n) is 13.6. The zero-order chi connectivity index (χ0) is 16.1. The van der Waals surface area contributed by atoms with Gasteiger partial charge in [-0.15, -0.1) is 12.4 Å². The normalized spacial score (nSPS) is 15.1. The summed E-state index contributed by atoms with van der Waals surface area (Å²) < 4.78 is 0. The molecule has 1 aliphatic heterocycles. The van der Waals surface area contributed by atoms with Gasteiger partial charge in [-0.3, -0.25) is 14.9 Å². The fraction of sp³-hybridized carbons (Fsp3) is 0.562. The van der Waals surface area contributed by atoms with Crippen LogP contribution in [0.25, 0.3) is 0 Å². The van der Waals surface area contributed by atoms with Gasteiger partial charge in [0, 0.05) is 19.2 Å². The largest absolute Gasteiger partial charge is 0.338 e. The molecule has 0 unspecified atom stereocenters. The Hall–Kier alpha value is -1.66. The van der Waals surface area contributed by atoms with E-state index in [4.69, 9.17) is 0 Å². The third-order valence-corrected chi connectivity index (χ3v) is 4.37. The van der Waals surface area contributed by atoms with Crippen molar-refractivity contribution in [1.29, 1.82) is 0 Å². The van der Waals surface area contributed by atoms with Crippen molar-refractivity contribution in [3.05, 3.63) is 39.4 Å². The summed E-state index contributed by atoms with van der Waals surface area (Å²) in [6.07, 6.45) is 3.04. The Kier molecular flexibility index (Phi) is 7.45. The Morgan fingerprint density at radius 3 is 2.61 bits per heavy atom. The van der Waals surface area contributed by atoms with E-state index in [-0.39, 0.29) is 29.6 Å². The van der Waals surface area contributed by atoms with Crippen molar-refractivity contribution >= 4 is 24.0 Å². The van der Waals surface area contributed by atoms with Crippen LogP contribution in [0.3, 0.4) is 0 Å². The smallest absolute Gasteiger partial charge is 0.282 e. The summed E-state index contributed by atoms with van der Waals surface area (Å²) in [5, 5.41) is 14.3. The molecule has 0 spiro atoms. The number of nitrogens with zero attached hydrogens (tertiary/aromatic N) is 2. The van der Waals surface area contributed by atoms with Crippen LogP contribution in [0.2, 0.25) is 0 Å². The first-order valence-corrected chi connectivity index (χ1v) is 7.72. The lowest BCUT2D eigenvalue weighted by Crippen LogP contribution is -2.39. The fourth-order valence-electron chi connectivity index (χ4n) is 3.01. The predicted molar refractivity (Wildman–Crippen MR) is 92.3 cm³/mol. The Labute approximate surface area is 142 Å². The molecule has 1 amide bonds. The van der Waals surface area contributed by atoms with Crippen LogP contribution in [0.5, 0.6) is 0 Å². The average Bonchev–Trinajstić information content (AvgIpc) is 2.52. The molecule has 0 aromatic heterocycles. The number of hydrogen-bond acceptors (Lipinski definition) is 4. The Balaban J connectivity index is 0.00000264. The van der Waals surface area contributed by atoms with Crippen LogP contribution in [0, 0.1) is 23.0 Å². The first-order chi connectivity index (χ1) is 10.5. The van der Waals surface area contributed by atoms with Gasteiger partial charge in [-0.05, 0) is 51.3 Å². The van der Waals surface area contributed by atoms with E-state index in [1.165, 1.54) is 6.07 Å². The summed E-state index contributed by atoms with van der Waals surface area (Å²) in [5.74, 6) is 0.417. The minimum atomic E-state index is -0.472. The molecule has 0 aliphatic carbocycles. The number of rotatable bonds is 5. The van der Waals surface area contributed by atoms with Crippen molar-refractivity contribution in [2.75, 3.05) is 26.7 Å². The van der Waals surface area contributed by atoms with E-state index >= 15 is 0 Å². The number of piperidine rings is 1. The summed E-state index contributed by atoms with van der Waals surface area (Å²) in [6, 6.07) is 4.77. The van der Waals surface area contributed by atoms with Crippen LogP contribution in [-0.4, -0.2) is 42.4 Å². The molecule has 0 atom stereocenters. The summed E-state index contributed by atoms with van der Waals surface area (Å²) in [5.41, 5.74) is 0.806. The Bertz CT molecular complexity index is 558. The second-order valence-corrected chi connectivity index (χ2v) is 5.85. The van der Waals surface area contributed by atoms with Gasteiger partial charge in [0.1, 0.15) is 5.56 Å². The second kappa shape index (κ2) is 8.84. The van der Waals surface area contributed by atoms with Gasteiger partial charge in [-0.1, -0.05) is 12.1 Å². The molecule has 1 heterocycles. The highest BCUT2D eigenvalue weighted by atomic mass is 35.5. The predicted octanol–water partition coefficient (Wildman–Crippen LogP) is 2.79. The average molecular weight is 342 g/mol. The molecular formula is C16H24ClN3O3. The van der Waals surface area contributed by atoms with Crippen molar-refractivity contribution in [1.82, 2.24) is 10.2 Å². The molecule has 0 saturated carbocycles. The number of nitro benzene ring substituents is 1. The lowest BCUT2D eigenvalue weighted by molar-refractivity contribution is -0.385. The van der Waals surface area contributed by atoms with Gasteiger partial charge in [0.15, 0.2) is 0 Å². The third-order valence-electron chi connectivity index (χ3n) is 4.37. The molecule has 6 nitrogen and oxygen atoms in total. The molecule has 1 aliphatic rings. The van der Waals surface area contributed by atoms with E-state index in [1.807, 2.05) is 7.05 Å². The maximum Gasteiger partial charge on any atom is 0.282 e. The van der Waals surface area contributed by atoms with Crippen LogP contribution in [0.15, 0.2) is 18.2 Å². The number of hydrogen-bond donors (Lipinski definition) is 1. The molecule has 1 saturated heterocycles. The highest BCUT2D eigenvalue weighted by molar-refractivity contribution is 5.99. The van der Waals surface area contributed by atoms with E-state index in [2.05, 4.69) is 5.32 Å². The number of carbonyl (C=O) groups excluding carboxylic acids is 1. The molecular weight excluding hydrogens is 318 g/mol. The van der Waals surface area contributed by atoms with Gasteiger partial charge in [-0.2, -0.15) is 0 Å². The fourth-order valence-corrected chi connectivity index (χ4v) is 3.01. The first-order valence-electron chi connectivity index (χ1n) is 7.72. The van der Waals surface area contributed by atoms with Crippen molar-refractivity contribution < 1.29 is 9.72 Å². The van der Waals surface area contributed by atoms with Gasteiger partial charge >= 0.3 is 0 Å². The van der Waals surface area contributed by atoms with Crippen molar-refractivity contribution in [2.24, 2.45) is 5.92 Å². The number of halogens is 1. The van der Waals surface area contributed by atoms with Crippen LogP contribution < -0.4 is 5.32 Å². The SMILES string of the molecule is CNCCC1CCN(C(=O)c2c(C)cccc2[N+](=O)[O-])CC1.Cl. The Morgan fingerprint density at radius 2 is 2.04 bits per heavy atom. The summed E-state index contributed by atoms with van der Waals surface area (Å²) >= 11 is 0. The van der Waals surface area contributed by atoms with E-state index in [9.17, 15) is 14.9 Å². The highest BCUT2D eigenvalue weighted by Gasteiger charge is 2.29. The number of benzene rings is 1. The summed E-state index contributed by atoms with van der Waals surface area (Å²) in [4.78, 5) is 25.1. The van der Waals surface area contributed by atoms with E-state index in [0.717, 1.165) is 25.8 Å².